The first-order valence-electron chi connectivity index (χ1n) is 6.05. The molecule has 0 saturated carbocycles. The van der Waals surface area contributed by atoms with Gasteiger partial charge < -0.3 is 10.6 Å². The molecule has 0 fully saturated rings. The number of amides is 1. The summed E-state index contributed by atoms with van der Waals surface area (Å²) in [6, 6.07) is 7.69. The Kier molecular flexibility index (Phi) is 5.71. The van der Waals surface area contributed by atoms with E-state index < -0.39 is 0 Å². The molecule has 3 heteroatoms. The van der Waals surface area contributed by atoms with Crippen LogP contribution in [0.1, 0.15) is 20.8 Å². The molecule has 0 aliphatic heterocycles. The van der Waals surface area contributed by atoms with Crippen molar-refractivity contribution < 1.29 is 4.79 Å². The van der Waals surface area contributed by atoms with E-state index in [2.05, 4.69) is 22.8 Å². The number of allylic oxidation sites excluding steroid dienone is 2. The molecule has 18 heavy (non-hydrogen) atoms. The maximum Gasteiger partial charge on any atom is 0.221 e. The molecular weight excluding hydrogens is 224 g/mol. The lowest BCUT2D eigenvalue weighted by atomic mass is 10.2. The van der Waals surface area contributed by atoms with E-state index >= 15 is 0 Å². The lowest BCUT2D eigenvalue weighted by Crippen LogP contribution is -2.07. The van der Waals surface area contributed by atoms with Crippen LogP contribution in [-0.2, 0) is 4.79 Å². The summed E-state index contributed by atoms with van der Waals surface area (Å²) >= 11 is 0. The predicted molar refractivity (Wildman–Crippen MR) is 77.8 cm³/mol. The fourth-order valence-electron chi connectivity index (χ4n) is 1.59. The zero-order valence-electron chi connectivity index (χ0n) is 11.2. The fourth-order valence-corrected chi connectivity index (χ4v) is 1.59. The van der Waals surface area contributed by atoms with Crippen molar-refractivity contribution in [2.45, 2.75) is 20.8 Å². The Morgan fingerprint density at radius 3 is 2.61 bits per heavy atom. The summed E-state index contributed by atoms with van der Waals surface area (Å²) in [5, 5.41) is 6.09. The van der Waals surface area contributed by atoms with Crippen molar-refractivity contribution in [1.82, 2.24) is 0 Å². The van der Waals surface area contributed by atoms with Gasteiger partial charge in [0.05, 0.1) is 0 Å². The van der Waals surface area contributed by atoms with Gasteiger partial charge in [0.25, 0.3) is 0 Å². The molecule has 3 nitrogen and oxygen atoms in total. The second-order valence-electron chi connectivity index (χ2n) is 3.98. The lowest BCUT2D eigenvalue weighted by Gasteiger charge is -2.09. The molecule has 0 saturated heterocycles. The minimum absolute atomic E-state index is 0.0600. The molecule has 0 unspecified atom stereocenters. The maximum absolute atomic E-state index is 11.0. The molecule has 0 radical (unpaired) electrons. The minimum Gasteiger partial charge on any atom is -0.381 e. The summed E-state index contributed by atoms with van der Waals surface area (Å²) in [4.78, 5) is 11.0. The maximum atomic E-state index is 11.0. The SMILES string of the molecule is C/C=C\C(=C/C)CNc1cccc(NC(C)=O)c1. The lowest BCUT2D eigenvalue weighted by molar-refractivity contribution is -0.114. The van der Waals surface area contributed by atoms with E-state index in [-0.39, 0.29) is 5.91 Å². The van der Waals surface area contributed by atoms with E-state index in [9.17, 15) is 4.79 Å². The highest BCUT2D eigenvalue weighted by atomic mass is 16.1. The molecule has 0 aliphatic rings. The number of anilines is 2. The average Bonchev–Trinajstić information content (AvgIpc) is 2.34. The van der Waals surface area contributed by atoms with Crippen molar-refractivity contribution in [2.75, 3.05) is 17.2 Å². The molecule has 1 aromatic rings. The molecular formula is C15H20N2O. The van der Waals surface area contributed by atoms with Crippen molar-refractivity contribution in [3.05, 3.63) is 48.1 Å². The third-order valence-electron chi connectivity index (χ3n) is 2.43. The zero-order chi connectivity index (χ0) is 13.4. The Morgan fingerprint density at radius 2 is 2.00 bits per heavy atom. The van der Waals surface area contributed by atoms with Crippen LogP contribution in [0.25, 0.3) is 0 Å². The van der Waals surface area contributed by atoms with Gasteiger partial charge >= 0.3 is 0 Å². The molecule has 0 heterocycles. The highest BCUT2D eigenvalue weighted by molar-refractivity contribution is 5.89. The average molecular weight is 244 g/mol. The summed E-state index contributed by atoms with van der Waals surface area (Å²) < 4.78 is 0. The van der Waals surface area contributed by atoms with Crippen LogP contribution < -0.4 is 10.6 Å². The van der Waals surface area contributed by atoms with E-state index in [0.717, 1.165) is 17.9 Å². The quantitative estimate of drug-likeness (QED) is 0.777. The summed E-state index contributed by atoms with van der Waals surface area (Å²) in [6.07, 6.45) is 6.17. The Balaban J connectivity index is 2.65. The number of carbonyl (C=O) groups excluding carboxylic acids is 1. The number of hydrogen-bond acceptors (Lipinski definition) is 2. The normalized spacial score (nSPS) is 11.6. The monoisotopic (exact) mass is 244 g/mol. The molecule has 0 bridgehead atoms. The van der Waals surface area contributed by atoms with Gasteiger partial charge in [0, 0.05) is 24.8 Å². The summed E-state index contributed by atoms with van der Waals surface area (Å²) in [5.41, 5.74) is 3.02. The van der Waals surface area contributed by atoms with Crippen molar-refractivity contribution in [3.63, 3.8) is 0 Å². The highest BCUT2D eigenvalue weighted by Gasteiger charge is 1.98. The first kappa shape index (κ1) is 14.0. The van der Waals surface area contributed by atoms with Crippen LogP contribution in [-0.4, -0.2) is 12.5 Å². The standard InChI is InChI=1S/C15H20N2O/c1-4-7-13(5-2)11-16-14-8-6-9-15(10-14)17-12(3)18/h4-10,16H,11H2,1-3H3,(H,17,18)/b7-4-,13-5+. The minimum atomic E-state index is -0.0600. The Labute approximate surface area is 109 Å². The van der Waals surface area contributed by atoms with Crippen LogP contribution in [0.3, 0.4) is 0 Å². The first-order valence-corrected chi connectivity index (χ1v) is 6.05. The van der Waals surface area contributed by atoms with E-state index in [1.165, 1.54) is 12.5 Å². The Hall–Kier alpha value is -2.03. The van der Waals surface area contributed by atoms with E-state index in [1.54, 1.807) is 0 Å². The number of nitrogens with one attached hydrogen (secondary N) is 2. The van der Waals surface area contributed by atoms with E-state index in [0.29, 0.717) is 0 Å². The van der Waals surface area contributed by atoms with Crippen LogP contribution in [0.2, 0.25) is 0 Å². The molecule has 1 aromatic carbocycles. The number of rotatable bonds is 5. The van der Waals surface area contributed by atoms with Gasteiger partial charge in [-0.3, -0.25) is 4.79 Å². The van der Waals surface area contributed by atoms with E-state index in [4.69, 9.17) is 0 Å². The van der Waals surface area contributed by atoms with Crippen LogP contribution in [0, 0.1) is 0 Å². The van der Waals surface area contributed by atoms with Crippen molar-refractivity contribution in [2.24, 2.45) is 0 Å². The molecule has 1 amide bonds. The number of benzene rings is 1. The molecule has 0 aliphatic carbocycles. The van der Waals surface area contributed by atoms with Crippen molar-refractivity contribution >= 4 is 17.3 Å². The van der Waals surface area contributed by atoms with Gasteiger partial charge in [0.2, 0.25) is 5.91 Å². The van der Waals surface area contributed by atoms with Gasteiger partial charge in [-0.15, -0.1) is 0 Å². The summed E-state index contributed by atoms with van der Waals surface area (Å²) in [5.74, 6) is -0.0600. The smallest absolute Gasteiger partial charge is 0.221 e. The van der Waals surface area contributed by atoms with Crippen LogP contribution in [0.15, 0.2) is 48.1 Å². The Morgan fingerprint density at radius 1 is 1.28 bits per heavy atom. The molecule has 0 aromatic heterocycles. The fraction of sp³-hybridized carbons (Fsp3) is 0.267. The van der Waals surface area contributed by atoms with Gasteiger partial charge in [-0.1, -0.05) is 24.3 Å². The predicted octanol–water partition coefficient (Wildman–Crippen LogP) is 3.58. The molecule has 96 valence electrons. The Bertz CT molecular complexity index is 461. The van der Waals surface area contributed by atoms with Crippen LogP contribution in [0.5, 0.6) is 0 Å². The second-order valence-corrected chi connectivity index (χ2v) is 3.98. The van der Waals surface area contributed by atoms with Gasteiger partial charge in [0.1, 0.15) is 0 Å². The first-order chi connectivity index (χ1) is 8.65. The van der Waals surface area contributed by atoms with E-state index in [1.807, 2.05) is 44.2 Å². The third-order valence-corrected chi connectivity index (χ3v) is 2.43. The molecule has 2 N–H and O–H groups in total. The van der Waals surface area contributed by atoms with Gasteiger partial charge in [-0.05, 0) is 37.6 Å². The van der Waals surface area contributed by atoms with Crippen LogP contribution >= 0.6 is 0 Å². The number of carbonyl (C=O) groups is 1. The van der Waals surface area contributed by atoms with Gasteiger partial charge in [0.15, 0.2) is 0 Å². The largest absolute Gasteiger partial charge is 0.381 e. The van der Waals surface area contributed by atoms with Crippen molar-refractivity contribution in [3.8, 4) is 0 Å². The molecule has 0 spiro atoms. The van der Waals surface area contributed by atoms with Crippen LogP contribution in [0.4, 0.5) is 11.4 Å². The summed E-state index contributed by atoms with van der Waals surface area (Å²) in [6.45, 7) is 6.29. The second kappa shape index (κ2) is 7.33. The summed E-state index contributed by atoms with van der Waals surface area (Å²) in [7, 11) is 0. The van der Waals surface area contributed by atoms with Gasteiger partial charge in [-0.2, -0.15) is 0 Å². The molecule has 1 rings (SSSR count). The zero-order valence-corrected chi connectivity index (χ0v) is 11.2. The highest BCUT2D eigenvalue weighted by Crippen LogP contribution is 2.15. The van der Waals surface area contributed by atoms with Gasteiger partial charge in [-0.25, -0.2) is 0 Å². The third kappa shape index (κ3) is 4.87. The molecule has 0 atom stereocenters. The topological polar surface area (TPSA) is 41.1 Å². The van der Waals surface area contributed by atoms with Crippen molar-refractivity contribution in [1.29, 1.82) is 0 Å². The number of hydrogen-bond donors (Lipinski definition) is 2.